The number of furan rings is 1. The molecule has 0 fully saturated rings. The van der Waals surface area contributed by atoms with Gasteiger partial charge in [-0.15, -0.1) is 0 Å². The molecule has 1 aromatic rings. The van der Waals surface area contributed by atoms with Crippen LogP contribution in [-0.2, 0) is 0 Å². The number of hydrogen-bond acceptors (Lipinski definition) is 3. The summed E-state index contributed by atoms with van der Waals surface area (Å²) in [5, 5.41) is 8.91. The van der Waals surface area contributed by atoms with Crippen LogP contribution >= 0.6 is 11.6 Å². The quantitative estimate of drug-likeness (QED) is 0.758. The second kappa shape index (κ2) is 4.50. The first-order valence-electron chi connectivity index (χ1n) is 3.85. The molecule has 3 nitrogen and oxygen atoms in total. The lowest BCUT2D eigenvalue weighted by Crippen LogP contribution is -2.09. The summed E-state index contributed by atoms with van der Waals surface area (Å²) in [6.07, 6.45) is 1.39. The molecule has 0 aliphatic rings. The van der Waals surface area contributed by atoms with Crippen molar-refractivity contribution >= 4 is 11.6 Å². The predicted octanol–water partition coefficient (Wildman–Crippen LogP) is 1.71. The van der Waals surface area contributed by atoms with E-state index in [9.17, 15) is 0 Å². The molecule has 1 heterocycles. The van der Waals surface area contributed by atoms with Crippen molar-refractivity contribution in [3.05, 3.63) is 23.1 Å². The van der Waals surface area contributed by atoms with Gasteiger partial charge in [-0.1, -0.05) is 0 Å². The minimum Gasteiger partial charge on any atom is -0.448 e. The zero-order valence-electron chi connectivity index (χ0n) is 6.66. The molecule has 0 amide bonds. The summed E-state index contributed by atoms with van der Waals surface area (Å²) in [4.78, 5) is 0. The highest BCUT2D eigenvalue weighted by Crippen LogP contribution is 2.21. The number of rotatable bonds is 4. The van der Waals surface area contributed by atoms with E-state index in [1.165, 1.54) is 0 Å². The van der Waals surface area contributed by atoms with Crippen LogP contribution in [0.4, 0.5) is 0 Å². The van der Waals surface area contributed by atoms with E-state index >= 15 is 0 Å². The number of nitrogens with two attached hydrogens (primary N) is 1. The Morgan fingerprint density at radius 3 is 2.83 bits per heavy atom. The van der Waals surface area contributed by atoms with Gasteiger partial charge in [-0.2, -0.15) is 0 Å². The van der Waals surface area contributed by atoms with Crippen molar-refractivity contribution in [3.63, 3.8) is 0 Å². The first-order valence-corrected chi connectivity index (χ1v) is 4.23. The van der Waals surface area contributed by atoms with Gasteiger partial charge in [-0.3, -0.25) is 0 Å². The van der Waals surface area contributed by atoms with Crippen molar-refractivity contribution < 1.29 is 9.52 Å². The van der Waals surface area contributed by atoms with Crippen molar-refractivity contribution in [2.75, 3.05) is 6.61 Å². The highest BCUT2D eigenvalue weighted by Gasteiger charge is 2.09. The molecule has 68 valence electrons. The molecule has 0 saturated carbocycles. The van der Waals surface area contributed by atoms with Crippen molar-refractivity contribution in [1.82, 2.24) is 0 Å². The van der Waals surface area contributed by atoms with Gasteiger partial charge in [0.2, 0.25) is 0 Å². The predicted molar refractivity (Wildman–Crippen MR) is 47.0 cm³/mol. The second-order valence-electron chi connectivity index (χ2n) is 2.61. The molecule has 1 rings (SSSR count). The zero-order valence-corrected chi connectivity index (χ0v) is 7.42. The highest BCUT2D eigenvalue weighted by molar-refractivity contribution is 6.28. The average molecular weight is 190 g/mol. The molecule has 0 saturated heterocycles. The van der Waals surface area contributed by atoms with Crippen LogP contribution in [-0.4, -0.2) is 11.7 Å². The van der Waals surface area contributed by atoms with Crippen LogP contribution in [0.1, 0.15) is 24.6 Å². The molecule has 0 aliphatic carbocycles. The van der Waals surface area contributed by atoms with Crippen LogP contribution in [0.2, 0.25) is 5.22 Å². The second-order valence-corrected chi connectivity index (χ2v) is 2.99. The third kappa shape index (κ3) is 2.52. The van der Waals surface area contributed by atoms with E-state index in [1.54, 1.807) is 12.1 Å². The number of aliphatic hydroxyl groups is 1. The Morgan fingerprint density at radius 2 is 2.33 bits per heavy atom. The third-order valence-corrected chi connectivity index (χ3v) is 1.84. The van der Waals surface area contributed by atoms with Gasteiger partial charge >= 0.3 is 0 Å². The van der Waals surface area contributed by atoms with E-state index < -0.39 is 0 Å². The van der Waals surface area contributed by atoms with Crippen LogP contribution in [0, 0.1) is 0 Å². The molecule has 0 spiro atoms. The molecular weight excluding hydrogens is 178 g/mol. The molecule has 0 aliphatic heterocycles. The lowest BCUT2D eigenvalue weighted by Gasteiger charge is -2.05. The molecule has 0 bridgehead atoms. The van der Waals surface area contributed by atoms with Crippen LogP contribution in [0.3, 0.4) is 0 Å². The normalized spacial score (nSPS) is 13.2. The molecule has 4 heteroatoms. The van der Waals surface area contributed by atoms with E-state index in [4.69, 9.17) is 26.9 Å². The summed E-state index contributed by atoms with van der Waals surface area (Å²) in [7, 11) is 0. The van der Waals surface area contributed by atoms with Crippen molar-refractivity contribution in [1.29, 1.82) is 0 Å². The minimum atomic E-state index is -0.162. The van der Waals surface area contributed by atoms with Gasteiger partial charge in [-0.25, -0.2) is 0 Å². The number of hydrogen-bond donors (Lipinski definition) is 2. The largest absolute Gasteiger partial charge is 0.448 e. The Morgan fingerprint density at radius 1 is 1.58 bits per heavy atom. The average Bonchev–Trinajstić information content (AvgIpc) is 2.47. The van der Waals surface area contributed by atoms with Gasteiger partial charge in [0, 0.05) is 6.61 Å². The Hall–Kier alpha value is -0.510. The van der Waals surface area contributed by atoms with Crippen molar-refractivity contribution in [2.24, 2.45) is 5.73 Å². The van der Waals surface area contributed by atoms with Crippen LogP contribution < -0.4 is 5.73 Å². The van der Waals surface area contributed by atoms with Gasteiger partial charge in [0.1, 0.15) is 5.76 Å². The van der Waals surface area contributed by atoms with Gasteiger partial charge in [0.25, 0.3) is 0 Å². The fraction of sp³-hybridized carbons (Fsp3) is 0.500. The summed E-state index contributed by atoms with van der Waals surface area (Å²) in [5.41, 5.74) is 5.73. The highest BCUT2D eigenvalue weighted by atomic mass is 35.5. The summed E-state index contributed by atoms with van der Waals surface area (Å²) in [6.45, 7) is 0.155. The fourth-order valence-corrected chi connectivity index (χ4v) is 1.13. The summed E-state index contributed by atoms with van der Waals surface area (Å²) in [5.74, 6) is 0.674. The van der Waals surface area contributed by atoms with Gasteiger partial charge in [0.05, 0.1) is 6.04 Å². The molecule has 3 N–H and O–H groups in total. The van der Waals surface area contributed by atoms with E-state index in [1.807, 2.05) is 0 Å². The van der Waals surface area contributed by atoms with Gasteiger partial charge in [0.15, 0.2) is 5.22 Å². The Bertz CT molecular complexity index is 237. The van der Waals surface area contributed by atoms with E-state index in [2.05, 4.69) is 0 Å². The Balaban J connectivity index is 2.47. The first-order chi connectivity index (χ1) is 5.74. The lowest BCUT2D eigenvalue weighted by atomic mass is 10.1. The third-order valence-electron chi connectivity index (χ3n) is 1.63. The van der Waals surface area contributed by atoms with Crippen LogP contribution in [0.5, 0.6) is 0 Å². The summed E-state index contributed by atoms with van der Waals surface area (Å²) >= 11 is 5.57. The first kappa shape index (κ1) is 9.58. The standard InChI is InChI=1S/C8H12ClNO2/c9-8-4-3-7(12-8)6(10)2-1-5-11/h3-4,6,11H,1-2,5,10H2/t6-/m0/s1. The van der Waals surface area contributed by atoms with E-state index in [-0.39, 0.29) is 12.6 Å². The van der Waals surface area contributed by atoms with E-state index in [0.717, 1.165) is 0 Å². The van der Waals surface area contributed by atoms with Crippen LogP contribution in [0.25, 0.3) is 0 Å². The number of aliphatic hydroxyl groups excluding tert-OH is 1. The molecule has 12 heavy (non-hydrogen) atoms. The van der Waals surface area contributed by atoms with Gasteiger partial charge < -0.3 is 15.3 Å². The fourth-order valence-electron chi connectivity index (χ4n) is 0.981. The Labute approximate surface area is 76.1 Å². The number of halogens is 1. The van der Waals surface area contributed by atoms with Crippen molar-refractivity contribution in [3.8, 4) is 0 Å². The monoisotopic (exact) mass is 189 g/mol. The molecule has 0 radical (unpaired) electrons. The maximum Gasteiger partial charge on any atom is 0.193 e. The molecule has 1 atom stereocenters. The maximum absolute atomic E-state index is 8.56. The maximum atomic E-state index is 8.56. The Kier molecular flexibility index (Phi) is 3.59. The summed E-state index contributed by atoms with van der Waals surface area (Å²) in [6, 6.07) is 3.25. The van der Waals surface area contributed by atoms with Crippen molar-refractivity contribution in [2.45, 2.75) is 18.9 Å². The van der Waals surface area contributed by atoms with Crippen LogP contribution in [0.15, 0.2) is 16.5 Å². The molecule has 1 aromatic heterocycles. The summed E-state index contributed by atoms with van der Waals surface area (Å²) < 4.78 is 5.10. The minimum absolute atomic E-state index is 0.155. The lowest BCUT2D eigenvalue weighted by molar-refractivity contribution is 0.276. The topological polar surface area (TPSA) is 59.4 Å². The van der Waals surface area contributed by atoms with E-state index in [0.29, 0.717) is 23.8 Å². The molecular formula is C8H12ClNO2. The zero-order chi connectivity index (χ0) is 8.97. The molecule has 0 aromatic carbocycles. The SMILES string of the molecule is N[C@@H](CCCO)c1ccc(Cl)o1. The smallest absolute Gasteiger partial charge is 0.193 e. The molecule has 0 unspecified atom stereocenters. The van der Waals surface area contributed by atoms with Gasteiger partial charge in [-0.05, 0) is 36.6 Å².